The normalized spacial score (nSPS) is 13.2. The molecule has 3 nitrogen and oxygen atoms in total. The van der Waals surface area contributed by atoms with Crippen molar-refractivity contribution < 1.29 is 0 Å². The minimum Gasteiger partial charge on any atom is -0.308 e. The van der Waals surface area contributed by atoms with E-state index in [0.29, 0.717) is 0 Å². The second-order valence-electron chi connectivity index (χ2n) is 4.94. The molecule has 0 aromatic carbocycles. The predicted molar refractivity (Wildman–Crippen MR) is 81.4 cm³/mol. The van der Waals surface area contributed by atoms with Crippen molar-refractivity contribution in [1.29, 1.82) is 0 Å². The van der Waals surface area contributed by atoms with Crippen molar-refractivity contribution in [1.82, 2.24) is 15.1 Å². The summed E-state index contributed by atoms with van der Waals surface area (Å²) in [6, 6.07) is 0.286. The third-order valence-electron chi connectivity index (χ3n) is 2.64. The first kappa shape index (κ1) is 15.9. The van der Waals surface area contributed by atoms with Crippen LogP contribution < -0.4 is 5.32 Å². The maximum Gasteiger partial charge on any atom is 0.0834 e. The van der Waals surface area contributed by atoms with Gasteiger partial charge in [-0.2, -0.15) is 16.9 Å². The van der Waals surface area contributed by atoms with Gasteiger partial charge in [0.15, 0.2) is 0 Å². The van der Waals surface area contributed by atoms with Crippen LogP contribution in [0.5, 0.6) is 0 Å². The van der Waals surface area contributed by atoms with Gasteiger partial charge in [-0.05, 0) is 24.6 Å². The lowest BCUT2D eigenvalue weighted by molar-refractivity contribution is 0.534. The van der Waals surface area contributed by atoms with Crippen LogP contribution in [0.25, 0.3) is 0 Å². The average molecular weight is 290 g/mol. The van der Waals surface area contributed by atoms with Crippen LogP contribution in [0.3, 0.4) is 0 Å². The Balaban J connectivity index is 2.65. The monoisotopic (exact) mass is 289 g/mol. The summed E-state index contributed by atoms with van der Waals surface area (Å²) in [7, 11) is 1.95. The Labute approximate surface area is 120 Å². The number of hydrogen-bond donors (Lipinski definition) is 1. The second kappa shape index (κ2) is 8.08. The highest BCUT2D eigenvalue weighted by atomic mass is 35.5. The van der Waals surface area contributed by atoms with E-state index in [2.05, 4.69) is 31.2 Å². The first-order chi connectivity index (χ1) is 8.56. The van der Waals surface area contributed by atoms with Crippen molar-refractivity contribution in [3.63, 3.8) is 0 Å². The van der Waals surface area contributed by atoms with Crippen LogP contribution >= 0.6 is 23.4 Å². The number of halogens is 1. The highest BCUT2D eigenvalue weighted by molar-refractivity contribution is 7.99. The van der Waals surface area contributed by atoms with Crippen LogP contribution in [-0.4, -0.2) is 27.8 Å². The largest absolute Gasteiger partial charge is 0.308 e. The van der Waals surface area contributed by atoms with Gasteiger partial charge in [-0.25, -0.2) is 0 Å². The summed E-state index contributed by atoms with van der Waals surface area (Å²) in [5, 5.41) is 8.55. The molecule has 1 aromatic heterocycles. The van der Waals surface area contributed by atoms with Gasteiger partial charge in [0, 0.05) is 12.8 Å². The van der Waals surface area contributed by atoms with Gasteiger partial charge in [0.2, 0.25) is 0 Å². The maximum atomic E-state index is 6.23. The van der Waals surface area contributed by atoms with Crippen LogP contribution in [0.2, 0.25) is 5.02 Å². The number of thioether (sulfide) groups is 1. The van der Waals surface area contributed by atoms with E-state index in [9.17, 15) is 0 Å². The molecule has 0 amide bonds. The number of aromatic nitrogens is 2. The maximum absolute atomic E-state index is 6.23. The quantitative estimate of drug-likeness (QED) is 0.794. The molecule has 1 rings (SSSR count). The first-order valence-corrected chi connectivity index (χ1v) is 8.08. The van der Waals surface area contributed by atoms with Gasteiger partial charge in [-0.15, -0.1) is 0 Å². The minimum absolute atomic E-state index is 0.286. The van der Waals surface area contributed by atoms with Gasteiger partial charge in [0.25, 0.3) is 0 Å². The summed E-state index contributed by atoms with van der Waals surface area (Å²) >= 11 is 8.20. The number of nitrogens with zero attached hydrogens (tertiary/aromatic N) is 2. The van der Waals surface area contributed by atoms with E-state index in [1.165, 1.54) is 5.75 Å². The van der Waals surface area contributed by atoms with E-state index in [4.69, 9.17) is 11.6 Å². The molecule has 0 aliphatic heterocycles. The Morgan fingerprint density at radius 2 is 2.17 bits per heavy atom. The van der Waals surface area contributed by atoms with Crippen molar-refractivity contribution in [3.8, 4) is 0 Å². The van der Waals surface area contributed by atoms with Gasteiger partial charge < -0.3 is 5.32 Å². The molecule has 0 aliphatic rings. The van der Waals surface area contributed by atoms with Crippen LogP contribution in [0.4, 0.5) is 0 Å². The average Bonchev–Trinajstić information content (AvgIpc) is 2.63. The van der Waals surface area contributed by atoms with Crippen molar-refractivity contribution in [2.75, 3.05) is 18.1 Å². The van der Waals surface area contributed by atoms with E-state index in [0.717, 1.165) is 35.4 Å². The molecule has 1 N–H and O–H groups in total. The molecule has 0 fully saturated rings. The topological polar surface area (TPSA) is 29.9 Å². The summed E-state index contributed by atoms with van der Waals surface area (Å²) in [6.45, 7) is 7.68. The minimum atomic E-state index is 0.286. The van der Waals surface area contributed by atoms with E-state index in [1.54, 1.807) is 6.20 Å². The molecule has 1 atom stereocenters. The zero-order valence-corrected chi connectivity index (χ0v) is 13.3. The molecule has 0 spiro atoms. The number of rotatable bonds is 8. The highest BCUT2D eigenvalue weighted by Crippen LogP contribution is 2.25. The molecule has 0 aliphatic carbocycles. The summed E-state index contributed by atoms with van der Waals surface area (Å²) in [6.07, 6.45) is 2.85. The van der Waals surface area contributed by atoms with E-state index < -0.39 is 0 Å². The lowest BCUT2D eigenvalue weighted by Crippen LogP contribution is -2.26. The third-order valence-corrected chi connectivity index (χ3v) is 4.41. The fourth-order valence-electron chi connectivity index (χ4n) is 1.79. The SMILES string of the molecule is CCCNC(CSCC(C)C)c1c(Cl)cnn1C. The van der Waals surface area contributed by atoms with Crippen LogP contribution in [0, 0.1) is 5.92 Å². The van der Waals surface area contributed by atoms with Crippen LogP contribution in [-0.2, 0) is 7.05 Å². The molecular weight excluding hydrogens is 266 g/mol. The van der Waals surface area contributed by atoms with Crippen LogP contribution in [0.1, 0.15) is 38.9 Å². The Morgan fingerprint density at radius 3 is 2.67 bits per heavy atom. The molecular formula is C13H24ClN3S. The summed E-state index contributed by atoms with van der Waals surface area (Å²) in [5.74, 6) is 2.95. The summed E-state index contributed by atoms with van der Waals surface area (Å²) < 4.78 is 1.88. The lowest BCUT2D eigenvalue weighted by Gasteiger charge is -2.19. The molecule has 1 unspecified atom stereocenters. The van der Waals surface area contributed by atoms with Gasteiger partial charge in [-0.1, -0.05) is 32.4 Å². The van der Waals surface area contributed by atoms with Gasteiger partial charge in [0.05, 0.1) is 23.0 Å². The molecule has 1 aromatic rings. The Hall–Kier alpha value is -0.190. The summed E-state index contributed by atoms with van der Waals surface area (Å²) in [5.41, 5.74) is 1.10. The highest BCUT2D eigenvalue weighted by Gasteiger charge is 2.18. The van der Waals surface area contributed by atoms with Crippen molar-refractivity contribution in [3.05, 3.63) is 16.9 Å². The van der Waals surface area contributed by atoms with Gasteiger partial charge >= 0.3 is 0 Å². The molecule has 18 heavy (non-hydrogen) atoms. The predicted octanol–water partition coefficient (Wildman–Crippen LogP) is 3.50. The first-order valence-electron chi connectivity index (χ1n) is 6.54. The van der Waals surface area contributed by atoms with E-state index in [-0.39, 0.29) is 6.04 Å². The van der Waals surface area contributed by atoms with Crippen LogP contribution in [0.15, 0.2) is 6.20 Å². The molecule has 0 saturated carbocycles. The molecule has 1 heterocycles. The van der Waals surface area contributed by atoms with E-state index >= 15 is 0 Å². The smallest absolute Gasteiger partial charge is 0.0834 e. The fourth-order valence-corrected chi connectivity index (χ4v) is 3.20. The second-order valence-corrected chi connectivity index (χ2v) is 6.42. The Morgan fingerprint density at radius 1 is 1.44 bits per heavy atom. The zero-order chi connectivity index (χ0) is 13.5. The Kier molecular flexibility index (Phi) is 7.12. The molecule has 5 heteroatoms. The molecule has 104 valence electrons. The lowest BCUT2D eigenvalue weighted by atomic mass is 10.2. The standard InChI is InChI=1S/C13H24ClN3S/c1-5-6-15-12(9-18-8-10(2)3)13-11(14)7-16-17(13)4/h7,10,12,15H,5-6,8-9H2,1-4H3. The summed E-state index contributed by atoms with van der Waals surface area (Å²) in [4.78, 5) is 0. The fraction of sp³-hybridized carbons (Fsp3) is 0.769. The zero-order valence-electron chi connectivity index (χ0n) is 11.7. The third kappa shape index (κ3) is 4.82. The Bertz CT molecular complexity index is 333. The van der Waals surface area contributed by atoms with Gasteiger partial charge in [0.1, 0.15) is 0 Å². The van der Waals surface area contributed by atoms with Crippen molar-refractivity contribution in [2.24, 2.45) is 13.0 Å². The van der Waals surface area contributed by atoms with E-state index in [1.807, 2.05) is 23.5 Å². The number of nitrogens with one attached hydrogen (secondary N) is 1. The number of hydrogen-bond acceptors (Lipinski definition) is 3. The van der Waals surface area contributed by atoms with Crippen molar-refractivity contribution >= 4 is 23.4 Å². The molecule has 0 bridgehead atoms. The van der Waals surface area contributed by atoms with Gasteiger partial charge in [-0.3, -0.25) is 4.68 Å². The molecule has 0 saturated heterocycles. The number of aryl methyl sites for hydroxylation is 1. The molecule has 0 radical (unpaired) electrons. The van der Waals surface area contributed by atoms with Crippen molar-refractivity contribution in [2.45, 2.75) is 33.2 Å².